The molecule has 0 heterocycles. The van der Waals surface area contributed by atoms with Crippen molar-refractivity contribution in [2.45, 2.75) is 30.1 Å². The van der Waals surface area contributed by atoms with Gasteiger partial charge in [0.1, 0.15) is 0 Å². The molecular weight excluding hydrogens is 428 g/mol. The lowest BCUT2D eigenvalue weighted by atomic mass is 10.2. The summed E-state index contributed by atoms with van der Waals surface area (Å²) in [6.07, 6.45) is 1.12. The highest BCUT2D eigenvalue weighted by Gasteiger charge is 2.07. The molecule has 10 heteroatoms. The summed E-state index contributed by atoms with van der Waals surface area (Å²) in [5.74, 6) is 1.92. The first-order chi connectivity index (χ1) is 12.4. The predicted molar refractivity (Wildman–Crippen MR) is 114 cm³/mol. The van der Waals surface area contributed by atoms with Crippen LogP contribution in [0, 0.1) is 13.8 Å². The minimum absolute atomic E-state index is 0.0666. The topological polar surface area (TPSA) is 109 Å². The Hall–Kier alpha value is -1.04. The van der Waals surface area contributed by atoms with Crippen molar-refractivity contribution in [3.05, 3.63) is 59.7 Å². The summed E-state index contributed by atoms with van der Waals surface area (Å²) in [6, 6.07) is 12.0. The highest BCUT2D eigenvalue weighted by Crippen LogP contribution is 2.09. The van der Waals surface area contributed by atoms with Crippen LogP contribution in [0.15, 0.2) is 58.3 Å². The molecule has 0 atom stereocenters. The standard InChI is InChI=1S/2C7H8O3S.C3H8S2/c2*1-6-2-4-7(5-3-6)11(8,9)10;4-2-1-3-5/h2*2-5H,1H3,(H,8,9,10);4-5H,1-3H2. The molecule has 6 nitrogen and oxygen atoms in total. The van der Waals surface area contributed by atoms with Crippen molar-refractivity contribution in [2.24, 2.45) is 0 Å². The van der Waals surface area contributed by atoms with Crippen LogP contribution in [0.5, 0.6) is 0 Å². The van der Waals surface area contributed by atoms with Crippen LogP contribution in [0.1, 0.15) is 17.5 Å². The van der Waals surface area contributed by atoms with Crippen molar-refractivity contribution in [1.29, 1.82) is 0 Å². The molecule has 0 amide bonds. The van der Waals surface area contributed by atoms with Gasteiger partial charge in [0.2, 0.25) is 0 Å². The maximum Gasteiger partial charge on any atom is 0.294 e. The summed E-state index contributed by atoms with van der Waals surface area (Å²) in [5.41, 5.74) is 1.91. The smallest absolute Gasteiger partial charge is 0.282 e. The third-order valence-corrected chi connectivity index (χ3v) is 5.32. The molecule has 0 unspecified atom stereocenters. The van der Waals surface area contributed by atoms with E-state index >= 15 is 0 Å². The number of benzene rings is 2. The minimum atomic E-state index is -4.02. The Morgan fingerprint density at radius 2 is 0.926 bits per heavy atom. The second kappa shape index (κ2) is 12.4. The van der Waals surface area contributed by atoms with E-state index in [1.54, 1.807) is 24.3 Å². The normalized spacial score (nSPS) is 10.9. The fourth-order valence-corrected chi connectivity index (χ4v) is 3.02. The van der Waals surface area contributed by atoms with Crippen molar-refractivity contribution in [3.63, 3.8) is 0 Å². The van der Waals surface area contributed by atoms with Crippen molar-refractivity contribution >= 4 is 45.5 Å². The Labute approximate surface area is 172 Å². The van der Waals surface area contributed by atoms with Crippen LogP contribution in [-0.4, -0.2) is 37.4 Å². The molecule has 2 rings (SSSR count). The Balaban J connectivity index is 0.000000405. The average Bonchev–Trinajstić information content (AvgIpc) is 2.56. The Bertz CT molecular complexity index is 799. The quantitative estimate of drug-likeness (QED) is 0.416. The van der Waals surface area contributed by atoms with Gasteiger partial charge < -0.3 is 0 Å². The molecule has 0 aliphatic heterocycles. The zero-order chi connectivity index (χ0) is 21.1. The SMILES string of the molecule is Cc1ccc(S(=O)(=O)O)cc1.Cc1ccc(S(=O)(=O)O)cc1.SCCCS. The number of hydrogen-bond donors (Lipinski definition) is 4. The van der Waals surface area contributed by atoms with Crippen molar-refractivity contribution in [3.8, 4) is 0 Å². The molecule has 27 heavy (non-hydrogen) atoms. The number of rotatable bonds is 4. The predicted octanol–water partition coefficient (Wildman–Crippen LogP) is 3.72. The molecule has 0 radical (unpaired) electrons. The first kappa shape index (κ1) is 26.0. The third kappa shape index (κ3) is 12.1. The van der Waals surface area contributed by atoms with Gasteiger partial charge in [0.25, 0.3) is 20.2 Å². The Kier molecular flexibility index (Phi) is 11.9. The summed E-state index contributed by atoms with van der Waals surface area (Å²) in [6.45, 7) is 3.68. The van der Waals surface area contributed by atoms with Gasteiger partial charge in [0.15, 0.2) is 0 Å². The van der Waals surface area contributed by atoms with Crippen LogP contribution < -0.4 is 0 Å². The second-order valence-electron chi connectivity index (χ2n) is 5.38. The van der Waals surface area contributed by atoms with Crippen LogP contribution >= 0.6 is 25.3 Å². The maximum atomic E-state index is 10.5. The van der Waals surface area contributed by atoms with Gasteiger partial charge in [-0.05, 0) is 56.0 Å². The lowest BCUT2D eigenvalue weighted by Crippen LogP contribution is -1.96. The van der Waals surface area contributed by atoms with Crippen molar-refractivity contribution in [1.82, 2.24) is 0 Å². The Morgan fingerprint density at radius 3 is 1.07 bits per heavy atom. The molecule has 0 bridgehead atoms. The van der Waals surface area contributed by atoms with Crippen molar-refractivity contribution in [2.75, 3.05) is 11.5 Å². The molecule has 0 saturated heterocycles. The molecule has 2 N–H and O–H groups in total. The third-order valence-electron chi connectivity index (χ3n) is 2.95. The van der Waals surface area contributed by atoms with Crippen LogP contribution in [0.2, 0.25) is 0 Å². The average molecular weight is 453 g/mol. The number of thiol groups is 2. The van der Waals surface area contributed by atoms with E-state index in [1.165, 1.54) is 24.3 Å². The van der Waals surface area contributed by atoms with E-state index in [9.17, 15) is 16.8 Å². The van der Waals surface area contributed by atoms with Gasteiger partial charge in [-0.3, -0.25) is 9.11 Å². The van der Waals surface area contributed by atoms with Gasteiger partial charge in [-0.15, -0.1) is 0 Å². The summed E-state index contributed by atoms with van der Waals surface area (Å²) < 4.78 is 59.1. The summed E-state index contributed by atoms with van der Waals surface area (Å²) in [4.78, 5) is -0.133. The van der Waals surface area contributed by atoms with Gasteiger partial charge in [-0.2, -0.15) is 42.1 Å². The lowest BCUT2D eigenvalue weighted by molar-refractivity contribution is 0.481. The molecule has 2 aromatic rings. The van der Waals surface area contributed by atoms with Gasteiger partial charge >= 0.3 is 0 Å². The van der Waals surface area contributed by atoms with E-state index in [1.807, 2.05) is 13.8 Å². The second-order valence-corrected chi connectivity index (χ2v) is 9.11. The van der Waals surface area contributed by atoms with Crippen LogP contribution in [-0.2, 0) is 20.2 Å². The van der Waals surface area contributed by atoms with E-state index < -0.39 is 20.2 Å². The van der Waals surface area contributed by atoms with Crippen LogP contribution in [0.4, 0.5) is 0 Å². The Morgan fingerprint density at radius 1 is 0.667 bits per heavy atom. The highest BCUT2D eigenvalue weighted by molar-refractivity contribution is 7.86. The maximum absolute atomic E-state index is 10.5. The molecule has 0 spiro atoms. The fourth-order valence-electron chi connectivity index (χ4n) is 1.49. The van der Waals surface area contributed by atoms with E-state index in [-0.39, 0.29) is 9.79 Å². The van der Waals surface area contributed by atoms with Gasteiger partial charge in [0, 0.05) is 0 Å². The largest absolute Gasteiger partial charge is 0.294 e. The first-order valence-corrected chi connectivity index (χ1v) is 11.9. The summed E-state index contributed by atoms with van der Waals surface area (Å²) in [5, 5.41) is 0. The van der Waals surface area contributed by atoms with E-state index in [4.69, 9.17) is 9.11 Å². The summed E-state index contributed by atoms with van der Waals surface area (Å²) >= 11 is 7.90. The van der Waals surface area contributed by atoms with Crippen LogP contribution in [0.3, 0.4) is 0 Å². The molecule has 0 aliphatic rings. The zero-order valence-electron chi connectivity index (χ0n) is 15.0. The van der Waals surface area contributed by atoms with E-state index in [0.717, 1.165) is 29.1 Å². The molecule has 0 aromatic heterocycles. The molecule has 0 fully saturated rings. The molecule has 0 saturated carbocycles. The molecule has 2 aromatic carbocycles. The molecule has 152 valence electrons. The van der Waals surface area contributed by atoms with Gasteiger partial charge in [0.05, 0.1) is 9.79 Å². The monoisotopic (exact) mass is 452 g/mol. The fraction of sp³-hybridized carbons (Fsp3) is 0.294. The lowest BCUT2D eigenvalue weighted by Gasteiger charge is -1.95. The number of aryl methyl sites for hydroxylation is 2. The van der Waals surface area contributed by atoms with Crippen LogP contribution in [0.25, 0.3) is 0 Å². The van der Waals surface area contributed by atoms with Crippen molar-refractivity contribution < 1.29 is 25.9 Å². The highest BCUT2D eigenvalue weighted by atomic mass is 32.2. The van der Waals surface area contributed by atoms with Gasteiger partial charge in [-0.25, -0.2) is 0 Å². The minimum Gasteiger partial charge on any atom is -0.282 e. The molecular formula is C17H24O6S4. The van der Waals surface area contributed by atoms with Gasteiger partial charge in [-0.1, -0.05) is 35.4 Å². The first-order valence-electron chi connectivity index (χ1n) is 7.72. The zero-order valence-corrected chi connectivity index (χ0v) is 18.4. The summed E-state index contributed by atoms with van der Waals surface area (Å²) in [7, 11) is -8.04. The molecule has 0 aliphatic carbocycles. The van der Waals surface area contributed by atoms with E-state index in [0.29, 0.717) is 0 Å². The van der Waals surface area contributed by atoms with E-state index in [2.05, 4.69) is 25.3 Å². The number of hydrogen-bond acceptors (Lipinski definition) is 6.